The summed E-state index contributed by atoms with van der Waals surface area (Å²) in [5.41, 5.74) is 2.95. The summed E-state index contributed by atoms with van der Waals surface area (Å²) in [5, 5.41) is 12.6. The minimum atomic E-state index is 0.0429. The van der Waals surface area contributed by atoms with Crippen molar-refractivity contribution in [3.63, 3.8) is 0 Å². The first-order valence-electron chi connectivity index (χ1n) is 8.45. The second kappa shape index (κ2) is 6.50. The highest BCUT2D eigenvalue weighted by Crippen LogP contribution is 2.24. The molecular formula is C19H31NO. The number of likely N-dealkylation sites (tertiary alicyclic amines) is 1. The maximum absolute atomic E-state index is 12.6. The average Bonchev–Trinajstić information content (AvgIpc) is 2.38. The van der Waals surface area contributed by atoms with Crippen molar-refractivity contribution in [2.24, 2.45) is 5.92 Å². The van der Waals surface area contributed by atoms with Crippen molar-refractivity contribution in [3.05, 3.63) is 40.6 Å². The van der Waals surface area contributed by atoms with E-state index >= 15 is 0 Å². The second-order valence-electron chi connectivity index (χ2n) is 8.00. The summed E-state index contributed by atoms with van der Waals surface area (Å²) in [5.74, 6) is 0.459. The number of hydrogen-bond acceptors (Lipinski definition) is 1. The van der Waals surface area contributed by atoms with Gasteiger partial charge in [0.05, 0.1) is 19.6 Å². The molecule has 1 aliphatic heterocycles. The molecule has 0 amide bonds. The Morgan fingerprint density at radius 1 is 1.05 bits per heavy atom. The first-order chi connectivity index (χ1) is 9.78. The van der Waals surface area contributed by atoms with E-state index in [0.717, 1.165) is 38.9 Å². The molecule has 21 heavy (non-hydrogen) atoms. The SMILES string of the molecule is CC(Cc1ccc(C(C)(C)C)cc1)C[N+]1([O-])CCCCC1. The van der Waals surface area contributed by atoms with Crippen molar-refractivity contribution in [2.45, 2.75) is 58.8 Å². The number of hydrogen-bond donors (Lipinski definition) is 0. The van der Waals surface area contributed by atoms with E-state index in [1.807, 2.05) is 0 Å². The van der Waals surface area contributed by atoms with Crippen LogP contribution in [-0.2, 0) is 11.8 Å². The van der Waals surface area contributed by atoms with Crippen LogP contribution in [0.15, 0.2) is 24.3 Å². The molecule has 0 saturated carbocycles. The molecule has 1 atom stereocenters. The third-order valence-electron chi connectivity index (χ3n) is 4.68. The molecule has 2 heteroatoms. The Bertz CT molecular complexity index is 438. The first-order valence-corrected chi connectivity index (χ1v) is 8.45. The highest BCUT2D eigenvalue weighted by Gasteiger charge is 2.23. The van der Waals surface area contributed by atoms with Gasteiger partial charge in [0, 0.05) is 5.92 Å². The largest absolute Gasteiger partial charge is 0.633 e. The van der Waals surface area contributed by atoms with Gasteiger partial charge in [-0.3, -0.25) is 0 Å². The molecule has 1 saturated heterocycles. The molecule has 0 radical (unpaired) electrons. The minimum absolute atomic E-state index is 0.0429. The van der Waals surface area contributed by atoms with Crippen LogP contribution in [0.5, 0.6) is 0 Å². The predicted molar refractivity (Wildman–Crippen MR) is 90.1 cm³/mol. The second-order valence-corrected chi connectivity index (χ2v) is 8.00. The first kappa shape index (κ1) is 16.5. The standard InChI is InChI=1S/C19H31NO/c1-16(15-20(21)12-6-5-7-13-20)14-17-8-10-18(11-9-17)19(2,3)4/h8-11,16H,5-7,12-15H2,1-4H3. The highest BCUT2D eigenvalue weighted by molar-refractivity contribution is 5.27. The Kier molecular flexibility index (Phi) is 5.11. The summed E-state index contributed by atoms with van der Waals surface area (Å²) in [7, 11) is 0. The molecule has 1 aliphatic rings. The van der Waals surface area contributed by atoms with Crippen LogP contribution in [0.4, 0.5) is 0 Å². The lowest BCUT2D eigenvalue weighted by Gasteiger charge is -2.47. The molecule has 1 unspecified atom stereocenters. The van der Waals surface area contributed by atoms with Crippen molar-refractivity contribution in [2.75, 3.05) is 19.6 Å². The van der Waals surface area contributed by atoms with Crippen LogP contribution in [0, 0.1) is 11.1 Å². The van der Waals surface area contributed by atoms with Gasteiger partial charge in [-0.25, -0.2) is 0 Å². The summed E-state index contributed by atoms with van der Waals surface area (Å²) in [6, 6.07) is 8.96. The van der Waals surface area contributed by atoms with Crippen LogP contribution in [0.2, 0.25) is 0 Å². The number of nitrogens with zero attached hydrogens (tertiary/aromatic N) is 1. The monoisotopic (exact) mass is 289 g/mol. The Hall–Kier alpha value is -0.860. The van der Waals surface area contributed by atoms with Gasteiger partial charge in [0.25, 0.3) is 0 Å². The maximum Gasteiger partial charge on any atom is 0.0813 e. The van der Waals surface area contributed by atoms with E-state index in [9.17, 15) is 5.21 Å². The molecule has 1 fully saturated rings. The van der Waals surface area contributed by atoms with Gasteiger partial charge in [-0.05, 0) is 42.2 Å². The van der Waals surface area contributed by atoms with E-state index in [4.69, 9.17) is 0 Å². The summed E-state index contributed by atoms with van der Waals surface area (Å²) >= 11 is 0. The number of rotatable bonds is 4. The molecule has 1 aromatic rings. The van der Waals surface area contributed by atoms with E-state index in [0.29, 0.717) is 5.92 Å². The average molecular weight is 289 g/mol. The topological polar surface area (TPSA) is 23.1 Å². The van der Waals surface area contributed by atoms with E-state index in [-0.39, 0.29) is 10.1 Å². The van der Waals surface area contributed by atoms with Gasteiger partial charge in [0.1, 0.15) is 0 Å². The van der Waals surface area contributed by atoms with E-state index in [2.05, 4.69) is 52.0 Å². The fourth-order valence-corrected chi connectivity index (χ4v) is 3.45. The highest BCUT2D eigenvalue weighted by atomic mass is 16.5. The number of benzene rings is 1. The molecule has 118 valence electrons. The summed E-state index contributed by atoms with van der Waals surface area (Å²) in [6.07, 6.45) is 4.48. The lowest BCUT2D eigenvalue weighted by atomic mass is 9.86. The van der Waals surface area contributed by atoms with Gasteiger partial charge in [0.2, 0.25) is 0 Å². The van der Waals surface area contributed by atoms with Crippen molar-refractivity contribution in [1.29, 1.82) is 0 Å². The van der Waals surface area contributed by atoms with Crippen molar-refractivity contribution >= 4 is 0 Å². The number of quaternary nitrogens is 1. The van der Waals surface area contributed by atoms with Crippen LogP contribution in [0.25, 0.3) is 0 Å². The molecule has 2 rings (SSSR count). The lowest BCUT2D eigenvalue weighted by Crippen LogP contribution is -2.48. The molecule has 1 heterocycles. The van der Waals surface area contributed by atoms with Gasteiger partial charge < -0.3 is 9.85 Å². The van der Waals surface area contributed by atoms with Crippen molar-refractivity contribution in [1.82, 2.24) is 0 Å². The zero-order chi connectivity index (χ0) is 15.5. The molecule has 2 nitrogen and oxygen atoms in total. The Balaban J connectivity index is 1.91. The summed E-state index contributed by atoms with van der Waals surface area (Å²) in [6.45, 7) is 11.4. The van der Waals surface area contributed by atoms with Gasteiger partial charge in [-0.2, -0.15) is 0 Å². The minimum Gasteiger partial charge on any atom is -0.633 e. The van der Waals surface area contributed by atoms with E-state index in [1.165, 1.54) is 17.5 Å². The summed E-state index contributed by atoms with van der Waals surface area (Å²) in [4.78, 5) is 0. The third-order valence-corrected chi connectivity index (χ3v) is 4.68. The Morgan fingerprint density at radius 2 is 1.62 bits per heavy atom. The molecule has 0 aliphatic carbocycles. The normalized spacial score (nSPS) is 20.2. The van der Waals surface area contributed by atoms with Gasteiger partial charge >= 0.3 is 0 Å². The molecule has 0 N–H and O–H groups in total. The Labute approximate surface area is 130 Å². The fraction of sp³-hybridized carbons (Fsp3) is 0.684. The molecule has 0 bridgehead atoms. The van der Waals surface area contributed by atoms with Gasteiger partial charge in [-0.1, -0.05) is 52.0 Å². The molecule has 1 aromatic carbocycles. The number of hydroxylamine groups is 3. The molecule has 0 spiro atoms. The smallest absolute Gasteiger partial charge is 0.0813 e. The van der Waals surface area contributed by atoms with E-state index < -0.39 is 0 Å². The van der Waals surface area contributed by atoms with Crippen molar-refractivity contribution in [3.8, 4) is 0 Å². The van der Waals surface area contributed by atoms with Crippen molar-refractivity contribution < 1.29 is 4.65 Å². The van der Waals surface area contributed by atoms with Crippen LogP contribution < -0.4 is 0 Å². The van der Waals surface area contributed by atoms with Crippen LogP contribution in [-0.4, -0.2) is 24.3 Å². The van der Waals surface area contributed by atoms with Gasteiger partial charge in [0.15, 0.2) is 0 Å². The zero-order valence-electron chi connectivity index (χ0n) is 14.2. The number of piperidine rings is 1. The predicted octanol–water partition coefficient (Wildman–Crippen LogP) is 4.66. The Morgan fingerprint density at radius 3 is 2.14 bits per heavy atom. The third kappa shape index (κ3) is 4.82. The lowest BCUT2D eigenvalue weighted by molar-refractivity contribution is -0.888. The quantitative estimate of drug-likeness (QED) is 0.584. The van der Waals surface area contributed by atoms with Crippen LogP contribution in [0.1, 0.15) is 58.1 Å². The molecule has 0 aromatic heterocycles. The molecular weight excluding hydrogens is 258 g/mol. The maximum atomic E-state index is 12.6. The van der Waals surface area contributed by atoms with Crippen LogP contribution in [0.3, 0.4) is 0 Å². The van der Waals surface area contributed by atoms with E-state index in [1.54, 1.807) is 0 Å². The zero-order valence-corrected chi connectivity index (χ0v) is 14.2. The van der Waals surface area contributed by atoms with Crippen LogP contribution >= 0.6 is 0 Å². The summed E-state index contributed by atoms with van der Waals surface area (Å²) < 4.78 is 0.0429. The van der Waals surface area contributed by atoms with Gasteiger partial charge in [-0.15, -0.1) is 0 Å². The fourth-order valence-electron chi connectivity index (χ4n) is 3.45.